The summed E-state index contributed by atoms with van der Waals surface area (Å²) in [6.45, 7) is 3.39. The normalized spacial score (nSPS) is 24.9. The molecule has 1 saturated heterocycles. The number of piperidine rings is 1. The minimum Gasteiger partial charge on any atom is -0.495 e. The molecule has 0 saturated carbocycles. The van der Waals surface area contributed by atoms with Gasteiger partial charge in [-0.05, 0) is 45.0 Å². The predicted octanol–water partition coefficient (Wildman–Crippen LogP) is 3.24. The number of ether oxygens (including phenoxy) is 1. The van der Waals surface area contributed by atoms with E-state index in [0.717, 1.165) is 35.8 Å². The molecule has 0 aromatic heterocycles. The van der Waals surface area contributed by atoms with Gasteiger partial charge >= 0.3 is 0 Å². The summed E-state index contributed by atoms with van der Waals surface area (Å²) in [6, 6.07) is 6.79. The van der Waals surface area contributed by atoms with Crippen LogP contribution >= 0.6 is 11.6 Å². The zero-order chi connectivity index (χ0) is 13.1. The van der Waals surface area contributed by atoms with E-state index in [-0.39, 0.29) is 0 Å². The van der Waals surface area contributed by atoms with Crippen molar-refractivity contribution >= 4 is 17.3 Å². The van der Waals surface area contributed by atoms with E-state index in [0.29, 0.717) is 12.1 Å². The predicted molar refractivity (Wildman–Crippen MR) is 76.7 cm³/mol. The summed E-state index contributed by atoms with van der Waals surface area (Å²) < 4.78 is 5.36. The summed E-state index contributed by atoms with van der Waals surface area (Å²) in [5, 5.41) is 4.29. The van der Waals surface area contributed by atoms with Crippen LogP contribution in [0.15, 0.2) is 18.2 Å². The highest BCUT2D eigenvalue weighted by molar-refractivity contribution is 6.30. The van der Waals surface area contributed by atoms with Crippen molar-refractivity contribution in [3.05, 3.63) is 23.2 Å². The molecular formula is C14H21ClN2O. The highest BCUT2D eigenvalue weighted by atomic mass is 35.5. The lowest BCUT2D eigenvalue weighted by molar-refractivity contribution is 0.190. The molecule has 0 amide bonds. The Labute approximate surface area is 114 Å². The first-order valence-corrected chi connectivity index (χ1v) is 6.78. The summed E-state index contributed by atoms with van der Waals surface area (Å²) in [5.41, 5.74) is 0.992. The number of nitrogens with zero attached hydrogens (tertiary/aromatic N) is 1. The lowest BCUT2D eigenvalue weighted by atomic mass is 9.98. The van der Waals surface area contributed by atoms with Crippen LogP contribution in [0.3, 0.4) is 0 Å². The average molecular weight is 269 g/mol. The van der Waals surface area contributed by atoms with Gasteiger partial charge in [-0.1, -0.05) is 11.6 Å². The molecule has 1 N–H and O–H groups in total. The minimum atomic E-state index is 0.489. The summed E-state index contributed by atoms with van der Waals surface area (Å²) in [4.78, 5) is 2.40. The van der Waals surface area contributed by atoms with Gasteiger partial charge in [0.1, 0.15) is 5.75 Å². The molecule has 0 bridgehead atoms. The van der Waals surface area contributed by atoms with Crippen LogP contribution < -0.4 is 10.1 Å². The van der Waals surface area contributed by atoms with Crippen molar-refractivity contribution in [1.82, 2.24) is 4.90 Å². The second-order valence-corrected chi connectivity index (χ2v) is 5.48. The number of hydrogen-bond donors (Lipinski definition) is 1. The number of likely N-dealkylation sites (tertiary alicyclic amines) is 1. The van der Waals surface area contributed by atoms with Crippen LogP contribution in [0.25, 0.3) is 0 Å². The van der Waals surface area contributed by atoms with Crippen molar-refractivity contribution in [3.63, 3.8) is 0 Å². The molecule has 1 aliphatic rings. The molecule has 0 aliphatic carbocycles. The van der Waals surface area contributed by atoms with Crippen LogP contribution in [0, 0.1) is 0 Å². The van der Waals surface area contributed by atoms with E-state index in [4.69, 9.17) is 16.3 Å². The van der Waals surface area contributed by atoms with E-state index in [1.807, 2.05) is 18.2 Å². The van der Waals surface area contributed by atoms with Gasteiger partial charge in [0.2, 0.25) is 0 Å². The Balaban J connectivity index is 2.07. The van der Waals surface area contributed by atoms with E-state index in [1.54, 1.807) is 7.11 Å². The minimum absolute atomic E-state index is 0.489. The Morgan fingerprint density at radius 2 is 2.22 bits per heavy atom. The number of nitrogens with one attached hydrogen (secondary N) is 1. The van der Waals surface area contributed by atoms with Crippen LogP contribution in [-0.4, -0.2) is 37.7 Å². The van der Waals surface area contributed by atoms with Crippen molar-refractivity contribution in [2.45, 2.75) is 31.8 Å². The number of benzene rings is 1. The van der Waals surface area contributed by atoms with E-state index in [2.05, 4.69) is 24.2 Å². The topological polar surface area (TPSA) is 24.5 Å². The number of halogens is 1. The second-order valence-electron chi connectivity index (χ2n) is 5.04. The molecule has 2 unspecified atom stereocenters. The van der Waals surface area contributed by atoms with Crippen LogP contribution in [0.2, 0.25) is 5.02 Å². The molecule has 3 nitrogen and oxygen atoms in total. The van der Waals surface area contributed by atoms with Crippen molar-refractivity contribution in [3.8, 4) is 5.75 Å². The zero-order valence-corrected chi connectivity index (χ0v) is 12.0. The monoisotopic (exact) mass is 268 g/mol. The molecule has 18 heavy (non-hydrogen) atoms. The van der Waals surface area contributed by atoms with Gasteiger partial charge in [-0.3, -0.25) is 0 Å². The summed E-state index contributed by atoms with van der Waals surface area (Å²) >= 11 is 6.04. The van der Waals surface area contributed by atoms with E-state index < -0.39 is 0 Å². The molecule has 1 aromatic carbocycles. The first kappa shape index (κ1) is 13.5. The van der Waals surface area contributed by atoms with E-state index in [1.165, 1.54) is 0 Å². The number of anilines is 1. The van der Waals surface area contributed by atoms with Gasteiger partial charge in [0.05, 0.1) is 12.8 Å². The molecule has 100 valence electrons. The van der Waals surface area contributed by atoms with E-state index >= 15 is 0 Å². The van der Waals surface area contributed by atoms with Crippen LogP contribution in [-0.2, 0) is 0 Å². The fourth-order valence-corrected chi connectivity index (χ4v) is 2.61. The van der Waals surface area contributed by atoms with Gasteiger partial charge in [-0.2, -0.15) is 0 Å². The molecule has 2 atom stereocenters. The fourth-order valence-electron chi connectivity index (χ4n) is 2.43. The van der Waals surface area contributed by atoms with Gasteiger partial charge in [0.15, 0.2) is 0 Å². The molecule has 1 aliphatic heterocycles. The summed E-state index contributed by atoms with van der Waals surface area (Å²) in [5.74, 6) is 0.853. The SMILES string of the molecule is COc1ccc(Cl)cc1NC1CCN(C)C(C)C1. The summed E-state index contributed by atoms with van der Waals surface area (Å²) in [6.07, 6.45) is 2.29. The van der Waals surface area contributed by atoms with Crippen molar-refractivity contribution in [2.24, 2.45) is 0 Å². The highest BCUT2D eigenvalue weighted by Gasteiger charge is 2.23. The van der Waals surface area contributed by atoms with Crippen molar-refractivity contribution < 1.29 is 4.74 Å². The standard InChI is InChI=1S/C14H21ClN2O/c1-10-8-12(6-7-17(10)2)16-13-9-11(15)4-5-14(13)18-3/h4-5,9-10,12,16H,6-8H2,1-3H3. The number of hydrogen-bond acceptors (Lipinski definition) is 3. The molecular weight excluding hydrogens is 248 g/mol. The van der Waals surface area contributed by atoms with Crippen LogP contribution in [0.1, 0.15) is 19.8 Å². The third-order valence-electron chi connectivity index (χ3n) is 3.73. The van der Waals surface area contributed by atoms with Gasteiger partial charge in [-0.25, -0.2) is 0 Å². The Bertz CT molecular complexity index is 411. The van der Waals surface area contributed by atoms with Crippen LogP contribution in [0.4, 0.5) is 5.69 Å². The second kappa shape index (κ2) is 5.81. The molecule has 0 radical (unpaired) electrons. The lowest BCUT2D eigenvalue weighted by Crippen LogP contribution is -2.42. The molecule has 1 heterocycles. The highest BCUT2D eigenvalue weighted by Crippen LogP contribution is 2.30. The van der Waals surface area contributed by atoms with Gasteiger partial charge in [0, 0.05) is 23.7 Å². The van der Waals surface area contributed by atoms with Crippen LogP contribution in [0.5, 0.6) is 5.75 Å². The number of methoxy groups -OCH3 is 1. The van der Waals surface area contributed by atoms with Crippen molar-refractivity contribution in [2.75, 3.05) is 26.0 Å². The summed E-state index contributed by atoms with van der Waals surface area (Å²) in [7, 11) is 3.87. The lowest BCUT2D eigenvalue weighted by Gasteiger charge is -2.36. The Hall–Kier alpha value is -0.930. The maximum atomic E-state index is 6.04. The van der Waals surface area contributed by atoms with E-state index in [9.17, 15) is 0 Å². The largest absolute Gasteiger partial charge is 0.495 e. The average Bonchev–Trinajstić information content (AvgIpc) is 2.34. The molecule has 2 rings (SSSR count). The third-order valence-corrected chi connectivity index (χ3v) is 3.96. The first-order valence-electron chi connectivity index (χ1n) is 6.40. The molecule has 4 heteroatoms. The smallest absolute Gasteiger partial charge is 0.142 e. The Morgan fingerprint density at radius 3 is 2.89 bits per heavy atom. The van der Waals surface area contributed by atoms with Gasteiger partial charge < -0.3 is 15.0 Å². The quantitative estimate of drug-likeness (QED) is 0.911. The molecule has 0 spiro atoms. The third kappa shape index (κ3) is 3.09. The molecule has 1 fully saturated rings. The maximum absolute atomic E-state index is 6.04. The Kier molecular flexibility index (Phi) is 4.36. The van der Waals surface area contributed by atoms with Gasteiger partial charge in [-0.15, -0.1) is 0 Å². The fraction of sp³-hybridized carbons (Fsp3) is 0.571. The molecule has 1 aromatic rings. The zero-order valence-electron chi connectivity index (χ0n) is 11.2. The van der Waals surface area contributed by atoms with Gasteiger partial charge in [0.25, 0.3) is 0 Å². The first-order chi connectivity index (χ1) is 8.60. The number of rotatable bonds is 3. The van der Waals surface area contributed by atoms with Crippen molar-refractivity contribution in [1.29, 1.82) is 0 Å². The Morgan fingerprint density at radius 1 is 1.44 bits per heavy atom. The maximum Gasteiger partial charge on any atom is 0.142 e.